The molecule has 0 aliphatic carbocycles. The van der Waals surface area contributed by atoms with Crippen LogP contribution in [0.15, 0.2) is 65.0 Å². The number of aromatic nitrogens is 6. The van der Waals surface area contributed by atoms with E-state index in [-0.39, 0.29) is 0 Å². The van der Waals surface area contributed by atoms with Gasteiger partial charge >= 0.3 is 0 Å². The molecule has 5 rings (SSSR count). The summed E-state index contributed by atoms with van der Waals surface area (Å²) in [5, 5.41) is 12.0. The van der Waals surface area contributed by atoms with E-state index in [0.717, 1.165) is 43.3 Å². The van der Waals surface area contributed by atoms with Crippen molar-refractivity contribution >= 4 is 39.8 Å². The molecule has 4 heterocycles. The van der Waals surface area contributed by atoms with Crippen LogP contribution in [-0.4, -0.2) is 36.0 Å². The van der Waals surface area contributed by atoms with E-state index in [1.54, 1.807) is 25.1 Å². The molecule has 0 unspecified atom stereocenters. The Kier molecular flexibility index (Phi) is 4.85. The smallest absolute Gasteiger partial charge is 0.181 e. The monoisotopic (exact) mass is 435 g/mol. The number of methoxy groups -OCH3 is 1. The number of hydrogen-bond acceptors (Lipinski definition) is 8. The fourth-order valence-electron chi connectivity index (χ4n) is 3.01. The molecule has 0 spiro atoms. The zero-order chi connectivity index (χ0) is 20.5. The van der Waals surface area contributed by atoms with Crippen LogP contribution in [0.5, 0.6) is 5.75 Å². The predicted molar refractivity (Wildman–Crippen MR) is 118 cm³/mol. The molecule has 8 nitrogen and oxygen atoms in total. The van der Waals surface area contributed by atoms with Crippen LogP contribution in [0.1, 0.15) is 5.69 Å². The molecule has 0 saturated carbocycles. The molecule has 4 aromatic heterocycles. The van der Waals surface area contributed by atoms with Crippen molar-refractivity contribution in [3.8, 4) is 17.0 Å². The van der Waals surface area contributed by atoms with Crippen LogP contribution < -0.4 is 10.1 Å². The first-order chi connectivity index (χ1) is 14.7. The van der Waals surface area contributed by atoms with Gasteiger partial charge in [0.25, 0.3) is 0 Å². The number of anilines is 2. The van der Waals surface area contributed by atoms with Crippen LogP contribution in [0.3, 0.4) is 0 Å². The van der Waals surface area contributed by atoms with Crippen molar-refractivity contribution in [2.24, 2.45) is 0 Å². The lowest BCUT2D eigenvalue weighted by Crippen LogP contribution is -2.00. The first-order valence-electron chi connectivity index (χ1n) is 9.09. The molecular formula is C20H17N7OS2. The van der Waals surface area contributed by atoms with Gasteiger partial charge in [-0.05, 0) is 48.8 Å². The van der Waals surface area contributed by atoms with Gasteiger partial charge in [-0.3, -0.25) is 9.50 Å². The highest BCUT2D eigenvalue weighted by molar-refractivity contribution is 7.99. The highest BCUT2D eigenvalue weighted by atomic mass is 32.2. The molecule has 1 aromatic carbocycles. The van der Waals surface area contributed by atoms with Gasteiger partial charge in [-0.25, -0.2) is 9.97 Å². The lowest BCUT2D eigenvalue weighted by atomic mass is 10.3. The number of fused-ring (bicyclic) bond motifs is 1. The minimum Gasteiger partial charge on any atom is -0.497 e. The molecule has 0 radical (unpaired) electrons. The number of nitrogens with one attached hydrogen (secondary N) is 2. The van der Waals surface area contributed by atoms with Crippen LogP contribution in [0.2, 0.25) is 0 Å². The van der Waals surface area contributed by atoms with Crippen LogP contribution in [0, 0.1) is 6.92 Å². The molecule has 150 valence electrons. The van der Waals surface area contributed by atoms with E-state index < -0.39 is 0 Å². The average molecular weight is 436 g/mol. The van der Waals surface area contributed by atoms with Crippen LogP contribution in [0.4, 0.5) is 10.8 Å². The summed E-state index contributed by atoms with van der Waals surface area (Å²) in [5.41, 5.74) is 3.58. The van der Waals surface area contributed by atoms with Gasteiger partial charge in [-0.15, -0.1) is 0 Å². The minimum atomic E-state index is 0.673. The van der Waals surface area contributed by atoms with Gasteiger partial charge in [0.2, 0.25) is 0 Å². The summed E-state index contributed by atoms with van der Waals surface area (Å²) in [7, 11) is 1.66. The van der Waals surface area contributed by atoms with Gasteiger partial charge in [-0.2, -0.15) is 9.47 Å². The van der Waals surface area contributed by atoms with Crippen molar-refractivity contribution in [3.63, 3.8) is 0 Å². The summed E-state index contributed by atoms with van der Waals surface area (Å²) in [6.45, 7) is 1.97. The number of hydrogen-bond donors (Lipinski definition) is 2. The molecule has 0 aliphatic rings. The number of benzene rings is 1. The fraction of sp³-hybridized carbons (Fsp3) is 0.100. The Hall–Kier alpha value is -3.37. The average Bonchev–Trinajstić information content (AvgIpc) is 3.49. The summed E-state index contributed by atoms with van der Waals surface area (Å²) in [4.78, 5) is 10.5. The minimum absolute atomic E-state index is 0.673. The Morgan fingerprint density at radius 1 is 1.20 bits per heavy atom. The van der Waals surface area contributed by atoms with Crippen LogP contribution in [0.25, 0.3) is 16.9 Å². The highest BCUT2D eigenvalue weighted by Crippen LogP contribution is 2.33. The molecule has 10 heteroatoms. The molecule has 2 N–H and O–H groups in total. The SMILES string of the molecule is COc1ccc(Sc2cn3c(-c4cn[nH]c4)cnc3c(Nc3cc(C)ns3)n2)cc1. The third-order valence-corrected chi connectivity index (χ3v) is 6.13. The molecule has 5 aromatic rings. The van der Waals surface area contributed by atoms with Gasteiger partial charge in [0.05, 0.1) is 30.9 Å². The number of rotatable bonds is 6. The standard InChI is InChI=1S/C20H17N7OS2/c1-12-7-17(30-26-12)24-19-20-21-10-16(13-8-22-23-9-13)27(20)11-18(25-19)29-15-5-3-14(28-2)4-6-15/h3-11H,1-2H3,(H,22,23)(H,24,25). The molecule has 0 bridgehead atoms. The Morgan fingerprint density at radius 2 is 2.07 bits per heavy atom. The van der Waals surface area contributed by atoms with Crippen molar-refractivity contribution in [1.29, 1.82) is 0 Å². The van der Waals surface area contributed by atoms with E-state index in [9.17, 15) is 0 Å². The lowest BCUT2D eigenvalue weighted by molar-refractivity contribution is 0.414. The van der Waals surface area contributed by atoms with Crippen molar-refractivity contribution in [2.45, 2.75) is 16.8 Å². The molecular weight excluding hydrogens is 418 g/mol. The molecule has 0 saturated heterocycles. The molecule has 0 amide bonds. The number of imidazole rings is 1. The van der Waals surface area contributed by atoms with Crippen LogP contribution >= 0.6 is 23.3 Å². The van der Waals surface area contributed by atoms with E-state index in [0.29, 0.717) is 5.82 Å². The molecule has 0 aliphatic heterocycles. The zero-order valence-corrected chi connectivity index (χ0v) is 17.8. The molecule has 0 fully saturated rings. The van der Waals surface area contributed by atoms with Gasteiger partial charge in [0.15, 0.2) is 11.5 Å². The first-order valence-corrected chi connectivity index (χ1v) is 10.7. The number of nitrogens with zero attached hydrogens (tertiary/aromatic N) is 5. The maximum Gasteiger partial charge on any atom is 0.181 e. The number of H-pyrrole nitrogens is 1. The Labute approximate surface area is 180 Å². The third-order valence-electron chi connectivity index (χ3n) is 4.42. The quantitative estimate of drug-likeness (QED) is 0.396. The summed E-state index contributed by atoms with van der Waals surface area (Å²) >= 11 is 2.97. The molecule has 0 atom stereocenters. The normalized spacial score (nSPS) is 11.1. The fourth-order valence-corrected chi connectivity index (χ4v) is 4.48. The van der Waals surface area contributed by atoms with Crippen molar-refractivity contribution in [3.05, 3.63) is 60.8 Å². The largest absolute Gasteiger partial charge is 0.497 e. The molecule has 30 heavy (non-hydrogen) atoms. The van der Waals surface area contributed by atoms with Gasteiger partial charge < -0.3 is 10.1 Å². The summed E-state index contributed by atoms with van der Waals surface area (Å²) in [6, 6.07) is 9.90. The van der Waals surface area contributed by atoms with Crippen molar-refractivity contribution in [2.75, 3.05) is 12.4 Å². The second-order valence-electron chi connectivity index (χ2n) is 6.49. The maximum absolute atomic E-state index is 5.25. The van der Waals surface area contributed by atoms with Gasteiger partial charge in [0.1, 0.15) is 15.8 Å². The Morgan fingerprint density at radius 3 is 2.77 bits per heavy atom. The number of ether oxygens (including phenoxy) is 1. The van der Waals surface area contributed by atoms with Crippen LogP contribution in [-0.2, 0) is 0 Å². The second kappa shape index (κ2) is 7.81. The third kappa shape index (κ3) is 3.62. The Balaban J connectivity index is 1.59. The van der Waals surface area contributed by atoms with Crippen molar-refractivity contribution in [1.82, 2.24) is 28.9 Å². The Bertz CT molecular complexity index is 1290. The van der Waals surface area contributed by atoms with E-state index in [1.807, 2.05) is 60.2 Å². The summed E-state index contributed by atoms with van der Waals surface area (Å²) < 4.78 is 11.6. The summed E-state index contributed by atoms with van der Waals surface area (Å²) in [5.74, 6) is 1.49. The van der Waals surface area contributed by atoms with E-state index in [1.165, 1.54) is 11.5 Å². The van der Waals surface area contributed by atoms with E-state index in [4.69, 9.17) is 9.72 Å². The predicted octanol–water partition coefficient (Wildman–Crippen LogP) is 4.79. The van der Waals surface area contributed by atoms with Crippen molar-refractivity contribution < 1.29 is 4.74 Å². The zero-order valence-electron chi connectivity index (χ0n) is 16.2. The topological polar surface area (TPSA) is 93.0 Å². The highest BCUT2D eigenvalue weighted by Gasteiger charge is 2.15. The number of aryl methyl sites for hydroxylation is 1. The van der Waals surface area contributed by atoms with E-state index in [2.05, 4.69) is 24.9 Å². The maximum atomic E-state index is 5.25. The summed E-state index contributed by atoms with van der Waals surface area (Å²) in [6.07, 6.45) is 7.44. The number of aromatic amines is 1. The van der Waals surface area contributed by atoms with Gasteiger partial charge in [-0.1, -0.05) is 11.8 Å². The second-order valence-corrected chi connectivity index (χ2v) is 8.39. The first kappa shape index (κ1) is 18.6. The van der Waals surface area contributed by atoms with E-state index >= 15 is 0 Å². The lowest BCUT2D eigenvalue weighted by Gasteiger charge is -2.09. The van der Waals surface area contributed by atoms with Gasteiger partial charge in [0, 0.05) is 22.9 Å².